The number of halogens is 1. The van der Waals surface area contributed by atoms with Gasteiger partial charge < -0.3 is 20.4 Å². The van der Waals surface area contributed by atoms with Gasteiger partial charge in [0.1, 0.15) is 12.4 Å². The zero-order chi connectivity index (χ0) is 26.0. The van der Waals surface area contributed by atoms with Crippen molar-refractivity contribution >= 4 is 22.8 Å². The van der Waals surface area contributed by atoms with Gasteiger partial charge in [0.25, 0.3) is 5.56 Å². The van der Waals surface area contributed by atoms with Crippen LogP contribution in [0.25, 0.3) is 22.3 Å². The summed E-state index contributed by atoms with van der Waals surface area (Å²) in [4.78, 5) is 43.6. The van der Waals surface area contributed by atoms with Crippen molar-refractivity contribution < 1.29 is 18.7 Å². The van der Waals surface area contributed by atoms with Crippen molar-refractivity contribution in [1.29, 1.82) is 0 Å². The Morgan fingerprint density at radius 1 is 1.27 bits per heavy atom. The molecule has 0 radical (unpaired) electrons. The van der Waals surface area contributed by atoms with E-state index in [0.717, 1.165) is 22.1 Å². The number of aromatic nitrogens is 2. The van der Waals surface area contributed by atoms with Gasteiger partial charge in [0.05, 0.1) is 41.0 Å². The van der Waals surface area contributed by atoms with Crippen LogP contribution in [0.3, 0.4) is 0 Å². The highest BCUT2D eigenvalue weighted by Crippen LogP contribution is 2.45. The minimum Gasteiger partial charge on any atom is -0.460 e. The largest absolute Gasteiger partial charge is 0.460 e. The van der Waals surface area contributed by atoms with E-state index >= 15 is 0 Å². The quantitative estimate of drug-likeness (QED) is 0.403. The summed E-state index contributed by atoms with van der Waals surface area (Å²) in [6.45, 7) is 4.35. The molecule has 3 aromatic rings. The molecular weight excluding hydrogens is 475 g/mol. The second kappa shape index (κ2) is 8.76. The molecule has 1 amide bonds. The fourth-order valence-electron chi connectivity index (χ4n) is 6.25. The number of amides is 1. The van der Waals surface area contributed by atoms with E-state index in [9.17, 15) is 18.8 Å². The van der Waals surface area contributed by atoms with Crippen molar-refractivity contribution in [2.45, 2.75) is 71.1 Å². The lowest BCUT2D eigenvalue weighted by Gasteiger charge is -2.29. The van der Waals surface area contributed by atoms with Crippen LogP contribution in [0.1, 0.15) is 77.9 Å². The molecule has 0 saturated carbocycles. The molecule has 0 spiro atoms. The first-order valence-electron chi connectivity index (χ1n) is 12.9. The van der Waals surface area contributed by atoms with Crippen LogP contribution in [-0.4, -0.2) is 28.0 Å². The summed E-state index contributed by atoms with van der Waals surface area (Å²) in [5.41, 5.74) is 11.6. The van der Waals surface area contributed by atoms with Crippen molar-refractivity contribution in [3.05, 3.63) is 61.7 Å². The van der Waals surface area contributed by atoms with Gasteiger partial charge in [0.2, 0.25) is 5.91 Å². The van der Waals surface area contributed by atoms with Crippen molar-refractivity contribution in [1.82, 2.24) is 14.9 Å². The van der Waals surface area contributed by atoms with Gasteiger partial charge >= 0.3 is 5.97 Å². The molecule has 0 bridgehead atoms. The first-order chi connectivity index (χ1) is 17.8. The highest BCUT2D eigenvalue weighted by Gasteiger charge is 2.37. The number of aryl methyl sites for hydroxylation is 1. The van der Waals surface area contributed by atoms with Gasteiger partial charge in [-0.05, 0) is 67.5 Å². The van der Waals surface area contributed by atoms with Crippen LogP contribution >= 0.6 is 0 Å². The second-order valence-electron chi connectivity index (χ2n) is 10.2. The third-order valence-electron chi connectivity index (χ3n) is 8.14. The summed E-state index contributed by atoms with van der Waals surface area (Å²) >= 11 is 0. The van der Waals surface area contributed by atoms with Crippen LogP contribution in [0.5, 0.6) is 0 Å². The van der Waals surface area contributed by atoms with Gasteiger partial charge in [-0.25, -0.2) is 9.37 Å². The molecule has 0 unspecified atom stereocenters. The van der Waals surface area contributed by atoms with Gasteiger partial charge in [-0.15, -0.1) is 0 Å². The number of carbonyl (C=O) groups excluding carboxylic acids is 2. The van der Waals surface area contributed by atoms with Gasteiger partial charge in [0.15, 0.2) is 0 Å². The normalized spacial score (nSPS) is 19.3. The van der Waals surface area contributed by atoms with Crippen LogP contribution in [0.15, 0.2) is 16.9 Å². The maximum atomic E-state index is 14.9. The van der Waals surface area contributed by atoms with Crippen molar-refractivity contribution in [3.63, 3.8) is 0 Å². The maximum Gasteiger partial charge on any atom is 0.313 e. The number of carbonyl (C=O) groups is 2. The summed E-state index contributed by atoms with van der Waals surface area (Å²) in [6.07, 6.45) is 2.68. The molecule has 8 nitrogen and oxygen atoms in total. The average Bonchev–Trinajstić information content (AvgIpc) is 3.25. The highest BCUT2D eigenvalue weighted by molar-refractivity contribution is 5.93. The summed E-state index contributed by atoms with van der Waals surface area (Å²) in [6, 6.07) is 3.04. The highest BCUT2D eigenvalue weighted by atomic mass is 19.1. The Kier molecular flexibility index (Phi) is 5.63. The standard InChI is InChI=1S/C28H29FN4O4/c1-3-14-16-9-22-26-17(11-33(22)27(35)18(16)12-37-28(14)36)25-20(31-23(34)5-4-8-30)7-6-15-13(2)19(29)10-21(32-26)24(15)25/h9-10,14,20H,3-8,11-12,30H2,1-2H3,(H,31,34)/t14-,20-/m0/s1. The lowest BCUT2D eigenvalue weighted by Crippen LogP contribution is -2.33. The minimum atomic E-state index is -0.508. The minimum absolute atomic E-state index is 0.0449. The molecular formula is C28H29FN4O4. The van der Waals surface area contributed by atoms with E-state index in [0.29, 0.717) is 78.8 Å². The smallest absolute Gasteiger partial charge is 0.313 e. The van der Waals surface area contributed by atoms with Crippen molar-refractivity contribution in [3.8, 4) is 11.4 Å². The van der Waals surface area contributed by atoms with Gasteiger partial charge in [-0.1, -0.05) is 6.92 Å². The van der Waals surface area contributed by atoms with Crippen LogP contribution < -0.4 is 16.6 Å². The maximum absolute atomic E-state index is 14.9. The topological polar surface area (TPSA) is 116 Å². The van der Waals surface area contributed by atoms with Crippen molar-refractivity contribution in [2.75, 3.05) is 6.54 Å². The lowest BCUT2D eigenvalue weighted by molar-refractivity contribution is -0.148. The molecule has 2 aromatic heterocycles. The molecule has 3 aliphatic rings. The third kappa shape index (κ3) is 3.51. The van der Waals surface area contributed by atoms with Crippen LogP contribution in [0.4, 0.5) is 4.39 Å². The molecule has 1 aromatic carbocycles. The number of hydrogen-bond acceptors (Lipinski definition) is 6. The molecule has 192 valence electrons. The molecule has 6 rings (SSSR count). The molecule has 1 aliphatic carbocycles. The SMILES string of the molecule is CC[C@@H]1C(=O)OCc2c1cc1n(c2=O)Cc2c-1nc1cc(F)c(C)c3c1c2[C@@H](NC(=O)CCCN)CC3. The predicted octanol–water partition coefficient (Wildman–Crippen LogP) is 3.27. The molecule has 2 atom stereocenters. The number of fused-ring (bicyclic) bond motifs is 5. The van der Waals surface area contributed by atoms with Crippen LogP contribution in [0.2, 0.25) is 0 Å². The van der Waals surface area contributed by atoms with Gasteiger partial charge in [0, 0.05) is 23.4 Å². The van der Waals surface area contributed by atoms with E-state index in [1.54, 1.807) is 11.5 Å². The zero-order valence-electron chi connectivity index (χ0n) is 20.9. The summed E-state index contributed by atoms with van der Waals surface area (Å²) in [5, 5.41) is 4.03. The number of ether oxygens (including phenoxy) is 1. The number of benzene rings is 1. The van der Waals surface area contributed by atoms with E-state index in [-0.39, 0.29) is 35.9 Å². The number of nitrogens with one attached hydrogen (secondary N) is 1. The third-order valence-corrected chi connectivity index (χ3v) is 8.14. The number of pyridine rings is 2. The average molecular weight is 505 g/mol. The number of nitrogens with two attached hydrogens (primary N) is 1. The predicted molar refractivity (Wildman–Crippen MR) is 136 cm³/mol. The Morgan fingerprint density at radius 3 is 2.84 bits per heavy atom. The molecule has 4 heterocycles. The number of cyclic esters (lactones) is 1. The van der Waals surface area contributed by atoms with E-state index in [2.05, 4.69) is 5.32 Å². The summed E-state index contributed by atoms with van der Waals surface area (Å²) in [5.74, 6) is -1.24. The fourth-order valence-corrected chi connectivity index (χ4v) is 6.25. The summed E-state index contributed by atoms with van der Waals surface area (Å²) in [7, 11) is 0. The molecule has 3 N–H and O–H groups in total. The Hall–Kier alpha value is -3.59. The monoisotopic (exact) mass is 504 g/mol. The zero-order valence-corrected chi connectivity index (χ0v) is 20.9. The number of esters is 1. The molecule has 2 aliphatic heterocycles. The summed E-state index contributed by atoms with van der Waals surface area (Å²) < 4.78 is 21.9. The van der Waals surface area contributed by atoms with Crippen LogP contribution in [0, 0.1) is 12.7 Å². The van der Waals surface area contributed by atoms with E-state index < -0.39 is 5.92 Å². The van der Waals surface area contributed by atoms with E-state index in [4.69, 9.17) is 15.5 Å². The van der Waals surface area contributed by atoms with Crippen LogP contribution in [-0.2, 0) is 33.9 Å². The fraction of sp³-hybridized carbons (Fsp3) is 0.429. The number of hydrogen-bond donors (Lipinski definition) is 2. The van der Waals surface area contributed by atoms with E-state index in [1.165, 1.54) is 6.07 Å². The van der Waals surface area contributed by atoms with Gasteiger partial charge in [-0.2, -0.15) is 0 Å². The Morgan fingerprint density at radius 2 is 2.08 bits per heavy atom. The second-order valence-corrected chi connectivity index (χ2v) is 10.2. The Bertz CT molecular complexity index is 1560. The number of rotatable bonds is 5. The molecule has 0 fully saturated rings. The van der Waals surface area contributed by atoms with Crippen molar-refractivity contribution in [2.24, 2.45) is 5.73 Å². The number of nitrogens with zero attached hydrogens (tertiary/aromatic N) is 2. The van der Waals surface area contributed by atoms with Gasteiger partial charge in [-0.3, -0.25) is 14.4 Å². The first-order valence-corrected chi connectivity index (χ1v) is 12.9. The first kappa shape index (κ1) is 23.8. The molecule has 9 heteroatoms. The Balaban J connectivity index is 1.58. The molecule has 37 heavy (non-hydrogen) atoms. The Labute approximate surface area is 213 Å². The van der Waals surface area contributed by atoms with E-state index in [1.807, 2.05) is 13.0 Å². The molecule has 0 saturated heterocycles. The lowest BCUT2D eigenvalue weighted by atomic mass is 9.81.